The molecule has 2 aromatic rings. The van der Waals surface area contributed by atoms with Crippen LogP contribution >= 0.6 is 0 Å². The molecule has 0 aliphatic rings. The average Bonchev–Trinajstić information content (AvgIpc) is 2.18. The van der Waals surface area contributed by atoms with Gasteiger partial charge in [-0.15, -0.1) is 0 Å². The van der Waals surface area contributed by atoms with Crippen LogP contribution in [0.25, 0.3) is 10.8 Å². The summed E-state index contributed by atoms with van der Waals surface area (Å²) in [5.74, 6) is 0.179. The van der Waals surface area contributed by atoms with Crippen molar-refractivity contribution in [1.29, 1.82) is 0 Å². The van der Waals surface area contributed by atoms with Gasteiger partial charge in [-0.2, -0.15) is 0 Å². The van der Waals surface area contributed by atoms with Gasteiger partial charge in [0.05, 0.1) is 6.20 Å². The molecule has 0 bridgehead atoms. The maximum absolute atomic E-state index is 10.8. The van der Waals surface area contributed by atoms with Gasteiger partial charge in [0, 0.05) is 23.9 Å². The summed E-state index contributed by atoms with van der Waals surface area (Å²) < 4.78 is 5.03. The normalized spacial score (nSPS) is 10.1. The fraction of sp³-hybridized carbons (Fsp3) is 0.0909. The maximum Gasteiger partial charge on any atom is 0.308 e. The molecule has 3 nitrogen and oxygen atoms in total. The van der Waals surface area contributed by atoms with E-state index in [0.29, 0.717) is 5.75 Å². The first kappa shape index (κ1) is 8.69. The molecule has 0 atom stereocenters. The van der Waals surface area contributed by atoms with Crippen molar-refractivity contribution in [2.45, 2.75) is 6.92 Å². The molecule has 0 unspecified atom stereocenters. The largest absolute Gasteiger partial charge is 0.424 e. The van der Waals surface area contributed by atoms with E-state index in [2.05, 4.69) is 4.98 Å². The highest BCUT2D eigenvalue weighted by atomic mass is 16.5. The second-order valence-electron chi connectivity index (χ2n) is 2.95. The lowest BCUT2D eigenvalue weighted by Gasteiger charge is -2.04. The van der Waals surface area contributed by atoms with E-state index in [1.165, 1.54) is 6.92 Å². The van der Waals surface area contributed by atoms with Gasteiger partial charge in [0.25, 0.3) is 0 Å². The molecule has 2 rings (SSSR count). The van der Waals surface area contributed by atoms with Crippen molar-refractivity contribution in [2.75, 3.05) is 0 Å². The minimum atomic E-state index is -0.330. The summed E-state index contributed by atoms with van der Waals surface area (Å²) in [5, 5.41) is 1.86. The first-order chi connectivity index (χ1) is 6.77. The summed E-state index contributed by atoms with van der Waals surface area (Å²) in [6.07, 6.45) is 3.28. The lowest BCUT2D eigenvalue weighted by Crippen LogP contribution is -2.01. The van der Waals surface area contributed by atoms with Gasteiger partial charge < -0.3 is 4.74 Å². The zero-order chi connectivity index (χ0) is 9.97. The topological polar surface area (TPSA) is 39.2 Å². The molecular formula is C11H9NO2. The van der Waals surface area contributed by atoms with Crippen molar-refractivity contribution in [3.8, 4) is 5.75 Å². The molecule has 0 spiro atoms. The Kier molecular flexibility index (Phi) is 2.14. The number of hydrogen-bond donors (Lipinski definition) is 0. The summed E-state index contributed by atoms with van der Waals surface area (Å²) in [4.78, 5) is 14.8. The number of aromatic nitrogens is 1. The highest BCUT2D eigenvalue weighted by Crippen LogP contribution is 2.23. The third-order valence-electron chi connectivity index (χ3n) is 1.89. The molecule has 1 aromatic carbocycles. The number of pyridine rings is 1. The van der Waals surface area contributed by atoms with Crippen molar-refractivity contribution in [1.82, 2.24) is 4.98 Å². The van der Waals surface area contributed by atoms with Gasteiger partial charge in [0.1, 0.15) is 0 Å². The van der Waals surface area contributed by atoms with Crippen LogP contribution in [0.1, 0.15) is 6.92 Å². The Hall–Kier alpha value is -1.90. The summed E-state index contributed by atoms with van der Waals surface area (Å²) in [5.41, 5.74) is 0. The fourth-order valence-electron chi connectivity index (χ4n) is 1.32. The lowest BCUT2D eigenvalue weighted by molar-refractivity contribution is -0.131. The molecule has 3 heteroatoms. The predicted molar refractivity (Wildman–Crippen MR) is 53.1 cm³/mol. The van der Waals surface area contributed by atoms with Crippen molar-refractivity contribution in [2.24, 2.45) is 0 Å². The molecule has 70 valence electrons. The number of esters is 1. The van der Waals surface area contributed by atoms with Gasteiger partial charge in [-0.1, -0.05) is 24.3 Å². The predicted octanol–water partition coefficient (Wildman–Crippen LogP) is 2.16. The van der Waals surface area contributed by atoms with Crippen molar-refractivity contribution in [3.63, 3.8) is 0 Å². The minimum absolute atomic E-state index is 0.330. The lowest BCUT2D eigenvalue weighted by atomic mass is 10.2. The van der Waals surface area contributed by atoms with E-state index in [0.717, 1.165) is 10.8 Å². The Labute approximate surface area is 81.3 Å². The first-order valence-electron chi connectivity index (χ1n) is 4.28. The standard InChI is InChI=1S/C11H9NO2/c1-8(13)14-11-7-12-6-9-4-2-3-5-10(9)11/h2-7H,1H3. The monoisotopic (exact) mass is 187 g/mol. The second-order valence-corrected chi connectivity index (χ2v) is 2.95. The van der Waals surface area contributed by atoms with E-state index in [9.17, 15) is 4.79 Å². The van der Waals surface area contributed by atoms with Crippen LogP contribution in [0.2, 0.25) is 0 Å². The average molecular weight is 187 g/mol. The number of rotatable bonds is 1. The molecule has 0 saturated carbocycles. The van der Waals surface area contributed by atoms with E-state index in [1.54, 1.807) is 12.4 Å². The second kappa shape index (κ2) is 3.46. The molecule has 0 radical (unpaired) electrons. The Morgan fingerprint density at radius 2 is 2.07 bits per heavy atom. The van der Waals surface area contributed by atoms with Gasteiger partial charge in [0.2, 0.25) is 0 Å². The first-order valence-corrected chi connectivity index (χ1v) is 4.28. The summed E-state index contributed by atoms with van der Waals surface area (Å²) in [6, 6.07) is 7.64. The zero-order valence-electron chi connectivity index (χ0n) is 7.73. The quantitative estimate of drug-likeness (QED) is 0.642. The van der Waals surface area contributed by atoms with Crippen LogP contribution in [0.3, 0.4) is 0 Å². The van der Waals surface area contributed by atoms with Gasteiger partial charge in [-0.05, 0) is 0 Å². The maximum atomic E-state index is 10.8. The Balaban J connectivity index is 2.59. The summed E-state index contributed by atoms with van der Waals surface area (Å²) in [7, 11) is 0. The van der Waals surface area contributed by atoms with Crippen molar-refractivity contribution in [3.05, 3.63) is 36.7 Å². The van der Waals surface area contributed by atoms with Gasteiger partial charge in [-0.3, -0.25) is 9.78 Å². The zero-order valence-corrected chi connectivity index (χ0v) is 7.73. The molecule has 0 aliphatic heterocycles. The molecule has 0 amide bonds. The third kappa shape index (κ3) is 1.57. The van der Waals surface area contributed by atoms with Crippen LogP contribution in [-0.4, -0.2) is 11.0 Å². The molecule has 1 heterocycles. The Morgan fingerprint density at radius 3 is 2.86 bits per heavy atom. The van der Waals surface area contributed by atoms with Gasteiger partial charge in [-0.25, -0.2) is 0 Å². The van der Waals surface area contributed by atoms with E-state index in [4.69, 9.17) is 4.74 Å². The molecule has 14 heavy (non-hydrogen) atoms. The number of benzene rings is 1. The number of ether oxygens (including phenoxy) is 1. The SMILES string of the molecule is CC(=O)Oc1cncc2ccccc12. The number of nitrogens with zero attached hydrogens (tertiary/aromatic N) is 1. The smallest absolute Gasteiger partial charge is 0.308 e. The van der Waals surface area contributed by atoms with Crippen LogP contribution in [0.5, 0.6) is 5.75 Å². The minimum Gasteiger partial charge on any atom is -0.424 e. The number of fused-ring (bicyclic) bond motifs is 1. The van der Waals surface area contributed by atoms with Crippen LogP contribution in [0, 0.1) is 0 Å². The third-order valence-corrected chi connectivity index (χ3v) is 1.89. The molecule has 0 aliphatic carbocycles. The molecule has 0 saturated heterocycles. The Bertz CT molecular complexity index is 474. The van der Waals surface area contributed by atoms with E-state index in [-0.39, 0.29) is 5.97 Å². The number of carbonyl (C=O) groups excluding carboxylic acids is 1. The van der Waals surface area contributed by atoms with Crippen molar-refractivity contribution < 1.29 is 9.53 Å². The Morgan fingerprint density at radius 1 is 1.29 bits per heavy atom. The van der Waals surface area contributed by atoms with Crippen LogP contribution < -0.4 is 4.74 Å². The van der Waals surface area contributed by atoms with E-state index >= 15 is 0 Å². The van der Waals surface area contributed by atoms with Crippen LogP contribution in [-0.2, 0) is 4.79 Å². The van der Waals surface area contributed by atoms with Crippen molar-refractivity contribution >= 4 is 16.7 Å². The van der Waals surface area contributed by atoms with E-state index < -0.39 is 0 Å². The number of carbonyl (C=O) groups is 1. The number of hydrogen-bond acceptors (Lipinski definition) is 3. The van der Waals surface area contributed by atoms with E-state index in [1.807, 2.05) is 24.3 Å². The molecule has 1 aromatic heterocycles. The van der Waals surface area contributed by atoms with Crippen LogP contribution in [0.15, 0.2) is 36.7 Å². The van der Waals surface area contributed by atoms with Gasteiger partial charge in [0.15, 0.2) is 5.75 Å². The molecular weight excluding hydrogens is 178 g/mol. The summed E-state index contributed by atoms with van der Waals surface area (Å²) in [6.45, 7) is 1.38. The molecule has 0 N–H and O–H groups in total. The summed E-state index contributed by atoms with van der Waals surface area (Å²) >= 11 is 0. The van der Waals surface area contributed by atoms with Crippen LogP contribution in [0.4, 0.5) is 0 Å². The molecule has 0 fully saturated rings. The highest BCUT2D eigenvalue weighted by Gasteiger charge is 2.03. The van der Waals surface area contributed by atoms with Gasteiger partial charge >= 0.3 is 5.97 Å². The fourth-order valence-corrected chi connectivity index (χ4v) is 1.32. The highest BCUT2D eigenvalue weighted by molar-refractivity contribution is 5.89.